The number of ether oxygens (including phenoxy) is 1. The molecule has 1 amide bonds. The molecule has 1 aliphatic carbocycles. The molecule has 1 N–H and O–H groups in total. The molecule has 2 heterocycles. The fourth-order valence-corrected chi connectivity index (χ4v) is 3.07. The van der Waals surface area contributed by atoms with Crippen molar-refractivity contribution in [3.63, 3.8) is 0 Å². The van der Waals surface area contributed by atoms with Crippen LogP contribution in [-0.4, -0.2) is 41.1 Å². The van der Waals surface area contributed by atoms with E-state index in [1.807, 2.05) is 4.90 Å². The van der Waals surface area contributed by atoms with Crippen molar-refractivity contribution in [3.05, 3.63) is 33.7 Å². The first-order valence-electron chi connectivity index (χ1n) is 6.79. The minimum Gasteiger partial charge on any atom is -0.374 e. The van der Waals surface area contributed by atoms with Crippen LogP contribution in [0.25, 0.3) is 0 Å². The molecule has 2 atom stereocenters. The van der Waals surface area contributed by atoms with Crippen LogP contribution in [0.15, 0.2) is 17.1 Å². The highest BCUT2D eigenvalue weighted by Crippen LogP contribution is 2.30. The van der Waals surface area contributed by atoms with Crippen molar-refractivity contribution < 1.29 is 9.53 Å². The van der Waals surface area contributed by atoms with Crippen LogP contribution in [-0.2, 0) is 4.74 Å². The number of amides is 1. The molecule has 1 saturated carbocycles. The van der Waals surface area contributed by atoms with Gasteiger partial charge in [-0.2, -0.15) is 0 Å². The number of morpholine rings is 1. The summed E-state index contributed by atoms with van der Waals surface area (Å²) in [6, 6.07) is 1.61. The van der Waals surface area contributed by atoms with Crippen molar-refractivity contribution in [2.45, 2.75) is 38.3 Å². The summed E-state index contributed by atoms with van der Waals surface area (Å²) in [6.45, 7) is 2.95. The molecule has 1 aliphatic heterocycles. The molecule has 0 radical (unpaired) electrons. The number of carbonyl (C=O) groups excluding carboxylic acids is 1. The van der Waals surface area contributed by atoms with Crippen molar-refractivity contribution in [1.29, 1.82) is 0 Å². The maximum atomic E-state index is 12.5. The molecule has 2 fully saturated rings. The minimum atomic E-state index is -0.206. The Kier molecular flexibility index (Phi) is 3.14. The molecule has 0 bridgehead atoms. The van der Waals surface area contributed by atoms with E-state index in [1.54, 1.807) is 6.92 Å². The predicted octanol–water partition coefficient (Wildman–Crippen LogP) is 1.08. The van der Waals surface area contributed by atoms with Crippen molar-refractivity contribution in [1.82, 2.24) is 9.88 Å². The Labute approximate surface area is 111 Å². The smallest absolute Gasteiger partial charge is 0.259 e. The van der Waals surface area contributed by atoms with E-state index in [9.17, 15) is 9.59 Å². The van der Waals surface area contributed by atoms with Gasteiger partial charge in [0, 0.05) is 24.5 Å². The normalized spacial score (nSPS) is 26.3. The molecule has 5 nitrogen and oxygen atoms in total. The van der Waals surface area contributed by atoms with Gasteiger partial charge < -0.3 is 14.6 Å². The zero-order valence-corrected chi connectivity index (χ0v) is 11.0. The molecule has 1 aromatic heterocycles. The summed E-state index contributed by atoms with van der Waals surface area (Å²) in [4.78, 5) is 29.2. The van der Waals surface area contributed by atoms with Gasteiger partial charge in [0.1, 0.15) is 5.56 Å². The maximum Gasteiger partial charge on any atom is 0.259 e. The quantitative estimate of drug-likeness (QED) is 0.823. The van der Waals surface area contributed by atoms with Crippen LogP contribution in [0.1, 0.15) is 35.3 Å². The minimum absolute atomic E-state index is 0.141. The largest absolute Gasteiger partial charge is 0.374 e. The van der Waals surface area contributed by atoms with Gasteiger partial charge in [0.05, 0.1) is 18.8 Å². The summed E-state index contributed by atoms with van der Waals surface area (Å²) in [6.07, 6.45) is 4.75. The lowest BCUT2D eigenvalue weighted by atomic mass is 10.1. The fraction of sp³-hybridized carbons (Fsp3) is 0.571. The van der Waals surface area contributed by atoms with Crippen molar-refractivity contribution in [2.75, 3.05) is 13.2 Å². The number of nitrogens with zero attached hydrogens (tertiary/aromatic N) is 1. The monoisotopic (exact) mass is 262 g/mol. The number of aromatic amines is 1. The van der Waals surface area contributed by atoms with Crippen molar-refractivity contribution >= 4 is 5.91 Å². The van der Waals surface area contributed by atoms with Crippen molar-refractivity contribution in [2.24, 2.45) is 0 Å². The number of aryl methyl sites for hydroxylation is 1. The van der Waals surface area contributed by atoms with E-state index in [0.717, 1.165) is 25.0 Å². The van der Waals surface area contributed by atoms with Gasteiger partial charge in [-0.15, -0.1) is 0 Å². The molecule has 0 spiro atoms. The van der Waals surface area contributed by atoms with Gasteiger partial charge in [0.25, 0.3) is 5.91 Å². The second kappa shape index (κ2) is 4.81. The van der Waals surface area contributed by atoms with E-state index in [2.05, 4.69) is 4.98 Å². The Hall–Kier alpha value is -1.62. The van der Waals surface area contributed by atoms with E-state index in [0.29, 0.717) is 13.2 Å². The topological polar surface area (TPSA) is 62.4 Å². The molecule has 2 unspecified atom stereocenters. The number of nitrogens with one attached hydrogen (secondary N) is 1. The molecule has 0 aromatic carbocycles. The molecule has 19 heavy (non-hydrogen) atoms. The Morgan fingerprint density at radius 1 is 1.47 bits per heavy atom. The third-order valence-electron chi connectivity index (χ3n) is 4.03. The van der Waals surface area contributed by atoms with E-state index in [1.165, 1.54) is 12.3 Å². The third kappa shape index (κ3) is 2.18. The first-order valence-corrected chi connectivity index (χ1v) is 6.79. The van der Waals surface area contributed by atoms with E-state index in [4.69, 9.17) is 4.74 Å². The van der Waals surface area contributed by atoms with Gasteiger partial charge in [-0.3, -0.25) is 9.59 Å². The van der Waals surface area contributed by atoms with Gasteiger partial charge in [0.2, 0.25) is 0 Å². The van der Waals surface area contributed by atoms with Crippen LogP contribution in [0.5, 0.6) is 0 Å². The molecule has 102 valence electrons. The summed E-state index contributed by atoms with van der Waals surface area (Å²) in [5, 5.41) is 0. The lowest BCUT2D eigenvalue weighted by Crippen LogP contribution is -2.52. The van der Waals surface area contributed by atoms with Crippen LogP contribution in [0.2, 0.25) is 0 Å². The number of H-pyrrole nitrogens is 1. The Morgan fingerprint density at radius 3 is 3.11 bits per heavy atom. The number of carbonyl (C=O) groups is 1. The van der Waals surface area contributed by atoms with Crippen LogP contribution in [0.3, 0.4) is 0 Å². The average Bonchev–Trinajstić information content (AvgIpc) is 2.86. The summed E-state index contributed by atoms with van der Waals surface area (Å²) in [5.74, 6) is -0.165. The zero-order chi connectivity index (χ0) is 13.4. The van der Waals surface area contributed by atoms with Crippen LogP contribution in [0.4, 0.5) is 0 Å². The third-order valence-corrected chi connectivity index (χ3v) is 4.03. The molecular weight excluding hydrogens is 244 g/mol. The number of pyridine rings is 1. The average molecular weight is 262 g/mol. The second-order valence-electron chi connectivity index (χ2n) is 5.30. The first-order chi connectivity index (χ1) is 9.16. The molecular formula is C14H18N2O3. The number of aromatic nitrogens is 1. The van der Waals surface area contributed by atoms with Crippen LogP contribution in [0, 0.1) is 6.92 Å². The number of hydrogen-bond donors (Lipinski definition) is 1. The number of hydrogen-bond acceptors (Lipinski definition) is 3. The second-order valence-corrected chi connectivity index (χ2v) is 5.30. The van der Waals surface area contributed by atoms with E-state index in [-0.39, 0.29) is 29.0 Å². The molecule has 1 aromatic rings. The molecule has 1 saturated heterocycles. The number of fused-ring (bicyclic) bond motifs is 1. The lowest BCUT2D eigenvalue weighted by Gasteiger charge is -2.37. The lowest BCUT2D eigenvalue weighted by molar-refractivity contribution is -0.0445. The summed E-state index contributed by atoms with van der Waals surface area (Å²) >= 11 is 0. The van der Waals surface area contributed by atoms with Gasteiger partial charge in [-0.05, 0) is 26.2 Å². The van der Waals surface area contributed by atoms with E-state index < -0.39 is 0 Å². The molecule has 5 heteroatoms. The van der Waals surface area contributed by atoms with Gasteiger partial charge in [0.15, 0.2) is 5.43 Å². The zero-order valence-electron chi connectivity index (χ0n) is 11.0. The Bertz CT molecular complexity index is 552. The SMILES string of the molecule is Cc1cc(=O)c(C(=O)N2CCOC3CCCC32)c[nH]1. The van der Waals surface area contributed by atoms with Crippen molar-refractivity contribution in [3.8, 4) is 0 Å². The number of rotatable bonds is 1. The summed E-state index contributed by atoms with van der Waals surface area (Å²) < 4.78 is 5.69. The first kappa shape index (κ1) is 12.4. The Morgan fingerprint density at radius 2 is 2.32 bits per heavy atom. The highest BCUT2D eigenvalue weighted by molar-refractivity contribution is 5.94. The maximum absolute atomic E-state index is 12.5. The Balaban J connectivity index is 1.88. The summed E-state index contributed by atoms with van der Waals surface area (Å²) in [5.41, 5.74) is 0.794. The predicted molar refractivity (Wildman–Crippen MR) is 70.2 cm³/mol. The highest BCUT2D eigenvalue weighted by Gasteiger charge is 2.39. The fourth-order valence-electron chi connectivity index (χ4n) is 3.07. The highest BCUT2D eigenvalue weighted by atomic mass is 16.5. The van der Waals surface area contributed by atoms with Crippen LogP contribution < -0.4 is 5.43 Å². The van der Waals surface area contributed by atoms with Crippen LogP contribution >= 0.6 is 0 Å². The van der Waals surface area contributed by atoms with Gasteiger partial charge >= 0.3 is 0 Å². The van der Waals surface area contributed by atoms with E-state index >= 15 is 0 Å². The standard InChI is InChI=1S/C14H18N2O3/c1-9-7-12(17)10(8-15-9)14(18)16-5-6-19-13-4-2-3-11(13)16/h7-8,11,13H,2-6H2,1H3,(H,15,17). The van der Waals surface area contributed by atoms with Gasteiger partial charge in [-0.1, -0.05) is 0 Å². The molecule has 2 aliphatic rings. The van der Waals surface area contributed by atoms with Gasteiger partial charge in [-0.25, -0.2) is 0 Å². The summed E-state index contributed by atoms with van der Waals surface area (Å²) in [7, 11) is 0. The molecule has 3 rings (SSSR count).